The molecule has 0 atom stereocenters. The smallest absolute Gasteiger partial charge is 0.416 e. The second-order valence-corrected chi connectivity index (χ2v) is 8.76. The maximum Gasteiger partial charge on any atom is 0.416 e. The van der Waals surface area contributed by atoms with Crippen molar-refractivity contribution in [2.24, 2.45) is 0 Å². The fourth-order valence-electron chi connectivity index (χ4n) is 3.68. The zero-order valence-corrected chi connectivity index (χ0v) is 22.0. The molecule has 1 aromatic heterocycles. The summed E-state index contributed by atoms with van der Waals surface area (Å²) in [4.78, 5) is 30.7. The lowest BCUT2D eigenvalue weighted by Gasteiger charge is -2.21. The highest BCUT2D eigenvalue weighted by Gasteiger charge is 2.21. The lowest BCUT2D eigenvalue weighted by molar-refractivity contribution is -0.144. The van der Waals surface area contributed by atoms with Crippen LogP contribution < -0.4 is 9.47 Å². The molecule has 202 valence electrons. The Labute approximate surface area is 225 Å². The highest BCUT2D eigenvalue weighted by atomic mass is 19.1. The number of amides is 1. The molecule has 4 rings (SSSR count). The number of halogens is 1. The predicted molar refractivity (Wildman–Crippen MR) is 142 cm³/mol. The van der Waals surface area contributed by atoms with Crippen LogP contribution in [-0.2, 0) is 22.7 Å². The van der Waals surface area contributed by atoms with E-state index < -0.39 is 17.9 Å². The second-order valence-electron chi connectivity index (χ2n) is 8.76. The SMILES string of the molecule is CCOC(=O)CN(Cc1ccc(OCc2nc(-c3ccccc3)oc2C)cc1)C(=O)Oc1ccc(C)c(F)c1. The highest BCUT2D eigenvalue weighted by Crippen LogP contribution is 2.23. The molecule has 0 saturated carbocycles. The molecular formula is C30H29FN2O6. The van der Waals surface area contributed by atoms with Crippen LogP contribution >= 0.6 is 0 Å². The van der Waals surface area contributed by atoms with Gasteiger partial charge in [-0.15, -0.1) is 0 Å². The summed E-state index contributed by atoms with van der Waals surface area (Å²) in [6, 6.07) is 20.8. The van der Waals surface area contributed by atoms with Gasteiger partial charge in [-0.3, -0.25) is 9.69 Å². The molecule has 0 aliphatic heterocycles. The number of aromatic nitrogens is 1. The fourth-order valence-corrected chi connectivity index (χ4v) is 3.68. The molecule has 0 fully saturated rings. The number of aryl methyl sites for hydroxylation is 2. The van der Waals surface area contributed by atoms with Crippen molar-refractivity contribution in [2.45, 2.75) is 33.9 Å². The Hall–Kier alpha value is -4.66. The van der Waals surface area contributed by atoms with E-state index in [1.54, 1.807) is 38.1 Å². The first kappa shape index (κ1) is 27.4. The molecule has 1 amide bonds. The summed E-state index contributed by atoms with van der Waals surface area (Å²) >= 11 is 0. The molecule has 0 bridgehead atoms. The summed E-state index contributed by atoms with van der Waals surface area (Å²) in [6.07, 6.45) is -0.803. The quantitative estimate of drug-likeness (QED) is 0.223. The Morgan fingerprint density at radius 1 is 0.974 bits per heavy atom. The van der Waals surface area contributed by atoms with Crippen molar-refractivity contribution in [3.63, 3.8) is 0 Å². The summed E-state index contributed by atoms with van der Waals surface area (Å²) < 4.78 is 35.9. The average Bonchev–Trinajstić information content (AvgIpc) is 3.31. The Balaban J connectivity index is 1.40. The van der Waals surface area contributed by atoms with Crippen molar-refractivity contribution in [1.29, 1.82) is 0 Å². The van der Waals surface area contributed by atoms with Crippen LogP contribution in [0, 0.1) is 19.7 Å². The minimum atomic E-state index is -0.803. The van der Waals surface area contributed by atoms with Gasteiger partial charge in [0.25, 0.3) is 0 Å². The van der Waals surface area contributed by atoms with Crippen molar-refractivity contribution in [3.8, 4) is 23.0 Å². The molecule has 39 heavy (non-hydrogen) atoms. The van der Waals surface area contributed by atoms with Gasteiger partial charge in [0.2, 0.25) is 5.89 Å². The molecule has 0 N–H and O–H groups in total. The van der Waals surface area contributed by atoms with Crippen LogP contribution in [0.25, 0.3) is 11.5 Å². The van der Waals surface area contributed by atoms with Crippen LogP contribution in [0.2, 0.25) is 0 Å². The van der Waals surface area contributed by atoms with Crippen LogP contribution in [0.4, 0.5) is 9.18 Å². The molecule has 0 aliphatic rings. The molecule has 0 saturated heterocycles. The second kappa shape index (κ2) is 12.7. The van der Waals surface area contributed by atoms with Crippen LogP contribution in [0.1, 0.15) is 29.5 Å². The van der Waals surface area contributed by atoms with E-state index in [1.165, 1.54) is 17.0 Å². The first-order valence-corrected chi connectivity index (χ1v) is 12.4. The molecule has 1 heterocycles. The van der Waals surface area contributed by atoms with E-state index in [9.17, 15) is 14.0 Å². The van der Waals surface area contributed by atoms with E-state index in [4.69, 9.17) is 18.6 Å². The van der Waals surface area contributed by atoms with Crippen LogP contribution in [0.15, 0.2) is 77.2 Å². The number of nitrogens with zero attached hydrogens (tertiary/aromatic N) is 2. The summed E-state index contributed by atoms with van der Waals surface area (Å²) in [7, 11) is 0. The number of hydrogen-bond donors (Lipinski definition) is 0. The Bertz CT molecular complexity index is 1420. The van der Waals surface area contributed by atoms with Gasteiger partial charge in [0.1, 0.15) is 41.9 Å². The molecule has 8 nitrogen and oxygen atoms in total. The number of carbonyl (C=O) groups is 2. The number of esters is 1. The lowest BCUT2D eigenvalue weighted by Crippen LogP contribution is -2.38. The van der Waals surface area contributed by atoms with Crippen LogP contribution in [0.5, 0.6) is 11.5 Å². The van der Waals surface area contributed by atoms with Crippen molar-refractivity contribution in [1.82, 2.24) is 9.88 Å². The van der Waals surface area contributed by atoms with Gasteiger partial charge in [0.05, 0.1) is 6.61 Å². The monoisotopic (exact) mass is 532 g/mol. The third-order valence-electron chi connectivity index (χ3n) is 5.82. The minimum absolute atomic E-state index is 0.0410. The molecule has 0 unspecified atom stereocenters. The zero-order valence-electron chi connectivity index (χ0n) is 22.0. The van der Waals surface area contributed by atoms with Gasteiger partial charge in [0, 0.05) is 18.2 Å². The normalized spacial score (nSPS) is 10.7. The fraction of sp³-hybridized carbons (Fsp3) is 0.233. The maximum atomic E-state index is 13.9. The number of hydrogen-bond acceptors (Lipinski definition) is 7. The van der Waals surface area contributed by atoms with Crippen molar-refractivity contribution in [2.75, 3.05) is 13.2 Å². The Kier molecular flexibility index (Phi) is 8.94. The Morgan fingerprint density at radius 3 is 2.38 bits per heavy atom. The van der Waals surface area contributed by atoms with E-state index >= 15 is 0 Å². The first-order valence-electron chi connectivity index (χ1n) is 12.4. The van der Waals surface area contributed by atoms with Crippen molar-refractivity contribution < 1.29 is 32.6 Å². The number of benzene rings is 3. The standard InChI is InChI=1S/C30H29FN2O6/c1-4-36-28(34)18-33(30(35)39-25-13-10-20(2)26(31)16-25)17-22-11-14-24(15-12-22)37-19-27-21(3)38-29(32-27)23-8-6-5-7-9-23/h5-16H,4,17-19H2,1-3H3. The van der Waals surface area contributed by atoms with E-state index in [-0.39, 0.29) is 32.1 Å². The predicted octanol–water partition coefficient (Wildman–Crippen LogP) is 6.24. The van der Waals surface area contributed by atoms with E-state index in [1.807, 2.05) is 37.3 Å². The van der Waals surface area contributed by atoms with E-state index in [0.717, 1.165) is 17.2 Å². The van der Waals surface area contributed by atoms with Gasteiger partial charge in [-0.05, 0) is 62.2 Å². The summed E-state index contributed by atoms with van der Waals surface area (Å²) in [6.45, 7) is 5.26. The largest absolute Gasteiger partial charge is 0.487 e. The molecule has 4 aromatic rings. The molecule has 0 aliphatic carbocycles. The van der Waals surface area contributed by atoms with Gasteiger partial charge in [0.15, 0.2) is 0 Å². The van der Waals surface area contributed by atoms with Gasteiger partial charge >= 0.3 is 12.1 Å². The average molecular weight is 533 g/mol. The molecule has 0 spiro atoms. The van der Waals surface area contributed by atoms with Crippen molar-refractivity contribution in [3.05, 3.63) is 101 Å². The van der Waals surface area contributed by atoms with Crippen LogP contribution in [-0.4, -0.2) is 35.1 Å². The van der Waals surface area contributed by atoms with Gasteiger partial charge in [-0.25, -0.2) is 14.2 Å². The number of oxazole rings is 1. The molecule has 3 aromatic carbocycles. The third kappa shape index (κ3) is 7.44. The van der Waals surface area contributed by atoms with Crippen molar-refractivity contribution >= 4 is 12.1 Å². The maximum absolute atomic E-state index is 13.9. The third-order valence-corrected chi connectivity index (χ3v) is 5.82. The van der Waals surface area contributed by atoms with Gasteiger partial charge in [-0.2, -0.15) is 0 Å². The summed E-state index contributed by atoms with van der Waals surface area (Å²) in [5.74, 6) is 0.764. The van der Waals surface area contributed by atoms with Gasteiger partial charge in [-0.1, -0.05) is 36.4 Å². The molecule has 0 radical (unpaired) electrons. The number of ether oxygens (including phenoxy) is 3. The topological polar surface area (TPSA) is 91.1 Å². The Morgan fingerprint density at radius 2 is 1.69 bits per heavy atom. The first-order chi connectivity index (χ1) is 18.8. The lowest BCUT2D eigenvalue weighted by atomic mass is 10.2. The zero-order chi connectivity index (χ0) is 27.8. The van der Waals surface area contributed by atoms with Gasteiger partial charge < -0.3 is 18.6 Å². The van der Waals surface area contributed by atoms with E-state index in [0.29, 0.717) is 28.7 Å². The van der Waals surface area contributed by atoms with Crippen LogP contribution in [0.3, 0.4) is 0 Å². The minimum Gasteiger partial charge on any atom is -0.487 e. The highest BCUT2D eigenvalue weighted by molar-refractivity contribution is 5.79. The van der Waals surface area contributed by atoms with E-state index in [2.05, 4.69) is 4.98 Å². The number of carbonyl (C=O) groups excluding carboxylic acids is 2. The molecule has 9 heteroatoms. The molecular weight excluding hydrogens is 503 g/mol. The summed E-state index contributed by atoms with van der Waals surface area (Å²) in [5.41, 5.74) is 2.72. The summed E-state index contributed by atoms with van der Waals surface area (Å²) in [5, 5.41) is 0. The number of rotatable bonds is 10.